The fraction of sp³-hybridized carbons (Fsp3) is 0.0545. The SMILES string of the molecule is CC1(C)c2ccccc2-c2ccc(-n3c4ccccc4c4cc5c6ccccc6n(-c6ccc(-c7cc8ccccc8c8c7sc7ccccc78)cc6)c5cc43)cc21. The number of para-hydroxylation sites is 2. The predicted molar refractivity (Wildman–Crippen MR) is 249 cm³/mol. The first-order chi connectivity index (χ1) is 28.5. The van der Waals surface area contributed by atoms with Crippen LogP contribution in [-0.2, 0) is 5.41 Å². The number of aromatic nitrogens is 2. The van der Waals surface area contributed by atoms with Crippen molar-refractivity contribution in [2.24, 2.45) is 0 Å². The van der Waals surface area contributed by atoms with Gasteiger partial charge >= 0.3 is 0 Å². The standard InChI is InChI=1S/C55H36N2S/c1-55(2)46-19-9-5-15-38(46)39-28-27-36(30-47(39)55)57-49-21-11-7-17-41(49)45-31-44-40-16-6-10-20-48(40)56(50(44)32-51(45)57)35-25-23-33(24-26-35)43-29-34-13-3-4-14-37(34)53-42-18-8-12-22-52(42)58-54(43)53/h3-32H,1-2H3. The van der Waals surface area contributed by atoms with Crippen molar-refractivity contribution in [3.63, 3.8) is 0 Å². The van der Waals surface area contributed by atoms with Crippen molar-refractivity contribution in [2.75, 3.05) is 0 Å². The molecule has 9 aromatic carbocycles. The van der Waals surface area contributed by atoms with Crippen molar-refractivity contribution < 1.29 is 0 Å². The molecule has 3 aromatic heterocycles. The highest BCUT2D eigenvalue weighted by Crippen LogP contribution is 2.50. The van der Waals surface area contributed by atoms with Crippen LogP contribution in [0.1, 0.15) is 25.0 Å². The van der Waals surface area contributed by atoms with Gasteiger partial charge in [0.2, 0.25) is 0 Å². The van der Waals surface area contributed by atoms with E-state index in [2.05, 4.69) is 205 Å². The van der Waals surface area contributed by atoms with Crippen molar-refractivity contribution in [2.45, 2.75) is 19.3 Å². The van der Waals surface area contributed by atoms with E-state index in [1.54, 1.807) is 0 Å². The summed E-state index contributed by atoms with van der Waals surface area (Å²) in [5, 5.41) is 10.4. The summed E-state index contributed by atoms with van der Waals surface area (Å²) < 4.78 is 7.63. The average molecular weight is 757 g/mol. The summed E-state index contributed by atoms with van der Waals surface area (Å²) in [7, 11) is 0. The summed E-state index contributed by atoms with van der Waals surface area (Å²) in [6.45, 7) is 4.73. The molecular weight excluding hydrogens is 721 g/mol. The van der Waals surface area contributed by atoms with Crippen LogP contribution >= 0.6 is 11.3 Å². The maximum absolute atomic E-state index is 2.49. The first-order valence-corrected chi connectivity index (χ1v) is 21.0. The number of hydrogen-bond acceptors (Lipinski definition) is 1. The molecule has 12 aromatic rings. The molecule has 0 atom stereocenters. The highest BCUT2D eigenvalue weighted by atomic mass is 32.1. The summed E-state index contributed by atoms with van der Waals surface area (Å²) in [4.78, 5) is 0. The van der Waals surface area contributed by atoms with E-state index in [4.69, 9.17) is 0 Å². The lowest BCUT2D eigenvalue weighted by atomic mass is 9.82. The van der Waals surface area contributed by atoms with Crippen molar-refractivity contribution in [1.29, 1.82) is 0 Å². The van der Waals surface area contributed by atoms with Crippen LogP contribution in [0, 0.1) is 0 Å². The predicted octanol–water partition coefficient (Wildman–Crippen LogP) is 15.4. The topological polar surface area (TPSA) is 9.86 Å². The van der Waals surface area contributed by atoms with E-state index in [9.17, 15) is 0 Å². The molecule has 0 bridgehead atoms. The Morgan fingerprint density at radius 1 is 0.397 bits per heavy atom. The minimum Gasteiger partial charge on any atom is -0.309 e. The molecule has 0 amide bonds. The smallest absolute Gasteiger partial charge is 0.0562 e. The second kappa shape index (κ2) is 11.6. The molecule has 1 aliphatic rings. The summed E-state index contributed by atoms with van der Waals surface area (Å²) in [6, 6.07) is 68.0. The molecule has 0 radical (unpaired) electrons. The Kier molecular flexibility index (Phi) is 6.42. The van der Waals surface area contributed by atoms with E-state index < -0.39 is 0 Å². The third kappa shape index (κ3) is 4.26. The zero-order valence-corrected chi connectivity index (χ0v) is 32.9. The van der Waals surface area contributed by atoms with Gasteiger partial charge in [-0.1, -0.05) is 135 Å². The lowest BCUT2D eigenvalue weighted by Crippen LogP contribution is -2.15. The lowest BCUT2D eigenvalue weighted by molar-refractivity contribution is 0.660. The van der Waals surface area contributed by atoms with Crippen molar-refractivity contribution in [3.8, 4) is 33.6 Å². The molecule has 13 rings (SSSR count). The molecular formula is C55H36N2S. The third-order valence-electron chi connectivity index (χ3n) is 13.1. The van der Waals surface area contributed by atoms with E-state index in [1.807, 2.05) is 11.3 Å². The molecule has 58 heavy (non-hydrogen) atoms. The maximum atomic E-state index is 2.49. The van der Waals surface area contributed by atoms with Crippen LogP contribution in [0.2, 0.25) is 0 Å². The quantitative estimate of drug-likeness (QED) is 0.170. The van der Waals surface area contributed by atoms with Crippen molar-refractivity contribution in [3.05, 3.63) is 193 Å². The minimum atomic E-state index is -0.0812. The number of rotatable bonds is 3. The van der Waals surface area contributed by atoms with Gasteiger partial charge < -0.3 is 9.13 Å². The lowest BCUT2D eigenvalue weighted by Gasteiger charge is -2.22. The summed E-state index contributed by atoms with van der Waals surface area (Å²) in [5.74, 6) is 0. The monoisotopic (exact) mass is 756 g/mol. The summed E-state index contributed by atoms with van der Waals surface area (Å²) >= 11 is 1.90. The van der Waals surface area contributed by atoms with Crippen LogP contribution in [0.3, 0.4) is 0 Å². The van der Waals surface area contributed by atoms with Crippen LogP contribution in [0.4, 0.5) is 0 Å². The van der Waals surface area contributed by atoms with Gasteiger partial charge in [-0.05, 0) is 99.3 Å². The number of fused-ring (bicyclic) bond motifs is 14. The van der Waals surface area contributed by atoms with E-state index in [0.29, 0.717) is 0 Å². The highest BCUT2D eigenvalue weighted by molar-refractivity contribution is 7.26. The Bertz CT molecular complexity index is 3700. The normalized spacial score (nSPS) is 13.5. The van der Waals surface area contributed by atoms with Gasteiger partial charge in [0, 0.05) is 64.1 Å². The van der Waals surface area contributed by atoms with E-state index >= 15 is 0 Å². The van der Waals surface area contributed by atoms with E-state index in [1.165, 1.54) is 114 Å². The van der Waals surface area contributed by atoms with E-state index in [0.717, 1.165) is 5.69 Å². The van der Waals surface area contributed by atoms with E-state index in [-0.39, 0.29) is 5.41 Å². The Labute approximate surface area is 339 Å². The molecule has 0 N–H and O–H groups in total. The van der Waals surface area contributed by atoms with Gasteiger partial charge in [0.25, 0.3) is 0 Å². The van der Waals surface area contributed by atoms with Crippen molar-refractivity contribution >= 4 is 85.9 Å². The van der Waals surface area contributed by atoms with Crippen LogP contribution in [0.5, 0.6) is 0 Å². The van der Waals surface area contributed by atoms with Crippen LogP contribution in [-0.4, -0.2) is 9.13 Å². The number of nitrogens with zero attached hydrogens (tertiary/aromatic N) is 2. The van der Waals surface area contributed by atoms with Gasteiger partial charge in [0.05, 0.1) is 22.1 Å². The van der Waals surface area contributed by atoms with Crippen LogP contribution < -0.4 is 0 Å². The fourth-order valence-corrected chi connectivity index (χ4v) is 11.7. The van der Waals surface area contributed by atoms with Crippen LogP contribution in [0.15, 0.2) is 182 Å². The molecule has 0 saturated carbocycles. The average Bonchev–Trinajstić information content (AvgIpc) is 3.98. The maximum Gasteiger partial charge on any atom is 0.0562 e. The summed E-state index contributed by atoms with van der Waals surface area (Å²) in [5.41, 5.74) is 15.1. The molecule has 272 valence electrons. The second-order valence-electron chi connectivity index (χ2n) is 16.5. The number of thiophene rings is 1. The molecule has 3 heteroatoms. The zero-order valence-electron chi connectivity index (χ0n) is 32.1. The highest BCUT2D eigenvalue weighted by Gasteiger charge is 2.35. The molecule has 0 spiro atoms. The summed E-state index contributed by atoms with van der Waals surface area (Å²) in [6.07, 6.45) is 0. The van der Waals surface area contributed by atoms with Gasteiger partial charge in [0.1, 0.15) is 0 Å². The van der Waals surface area contributed by atoms with Gasteiger partial charge in [-0.25, -0.2) is 0 Å². The minimum absolute atomic E-state index is 0.0812. The molecule has 2 nitrogen and oxygen atoms in total. The Morgan fingerprint density at radius 2 is 0.983 bits per heavy atom. The zero-order chi connectivity index (χ0) is 38.3. The second-order valence-corrected chi connectivity index (χ2v) is 17.5. The van der Waals surface area contributed by atoms with Gasteiger partial charge in [0.15, 0.2) is 0 Å². The van der Waals surface area contributed by atoms with Crippen LogP contribution in [0.25, 0.3) is 108 Å². The first kappa shape index (κ1) is 32.2. The molecule has 0 saturated heterocycles. The Balaban J connectivity index is 1.03. The molecule has 1 aliphatic carbocycles. The molecule has 0 aliphatic heterocycles. The number of benzene rings is 9. The van der Waals surface area contributed by atoms with Crippen molar-refractivity contribution in [1.82, 2.24) is 9.13 Å². The Morgan fingerprint density at radius 3 is 1.74 bits per heavy atom. The molecule has 0 fully saturated rings. The van der Waals surface area contributed by atoms with Gasteiger partial charge in [-0.3, -0.25) is 0 Å². The van der Waals surface area contributed by atoms with Gasteiger partial charge in [-0.15, -0.1) is 11.3 Å². The molecule has 0 unspecified atom stereocenters. The third-order valence-corrected chi connectivity index (χ3v) is 14.3. The fourth-order valence-electron chi connectivity index (χ4n) is 10.4. The largest absolute Gasteiger partial charge is 0.309 e. The van der Waals surface area contributed by atoms with Gasteiger partial charge in [-0.2, -0.15) is 0 Å². The number of hydrogen-bond donors (Lipinski definition) is 0. The first-order valence-electron chi connectivity index (χ1n) is 20.2. The molecule has 3 heterocycles. The Hall–Kier alpha value is -6.94.